The van der Waals surface area contributed by atoms with Gasteiger partial charge in [0.15, 0.2) is 6.61 Å². The number of nitrogens with one attached hydrogen (secondary N) is 1. The number of esters is 1. The van der Waals surface area contributed by atoms with Gasteiger partial charge in [0.1, 0.15) is 11.3 Å². The molecule has 8 heteroatoms. The summed E-state index contributed by atoms with van der Waals surface area (Å²) in [5, 5.41) is 2.96. The first kappa shape index (κ1) is 24.2. The molecule has 0 radical (unpaired) electrons. The Morgan fingerprint density at radius 2 is 1.68 bits per heavy atom. The number of fused-ring (bicyclic) bond motifs is 2. The van der Waals surface area contributed by atoms with Crippen molar-refractivity contribution in [3.63, 3.8) is 0 Å². The lowest BCUT2D eigenvalue weighted by molar-refractivity contribution is -0.125. The first-order valence-corrected chi connectivity index (χ1v) is 12.1. The Hall–Kier alpha value is -4.46. The number of nitrogens with zero attached hydrogens (tertiary/aromatic N) is 1. The molecule has 1 heterocycles. The Labute approximate surface area is 214 Å². The van der Waals surface area contributed by atoms with E-state index in [-0.39, 0.29) is 35.7 Å². The molecule has 0 saturated heterocycles. The highest BCUT2D eigenvalue weighted by Gasteiger charge is 2.35. The summed E-state index contributed by atoms with van der Waals surface area (Å²) >= 11 is 0. The van der Waals surface area contributed by atoms with Crippen LogP contribution >= 0.6 is 0 Å². The van der Waals surface area contributed by atoms with Gasteiger partial charge in [0.2, 0.25) is 0 Å². The van der Waals surface area contributed by atoms with Gasteiger partial charge in [-0.05, 0) is 60.2 Å². The summed E-state index contributed by atoms with van der Waals surface area (Å²) in [5.74, 6) is -1.64. The van der Waals surface area contributed by atoms with Crippen LogP contribution in [0.2, 0.25) is 0 Å². The minimum absolute atomic E-state index is 0.0157. The molecule has 3 aromatic carbocycles. The summed E-state index contributed by atoms with van der Waals surface area (Å²) in [6.45, 7) is -0.457. The van der Waals surface area contributed by atoms with Crippen LogP contribution in [0.3, 0.4) is 0 Å². The fourth-order valence-electron chi connectivity index (χ4n) is 4.93. The number of benzene rings is 3. The summed E-state index contributed by atoms with van der Waals surface area (Å²) < 4.78 is 10.6. The average molecular weight is 499 g/mol. The standard InChI is InChI=1S/C29H26N2O6/c1-36-25-14-13-18(16-31-27(33)21-10-4-5-11-22(21)28(31)34)15-23(25)29(35)37-17-26(32)30-24-12-6-8-19-7-2-3-9-20(19)24/h2-5,7,9-11,13-15,24H,6,8,12,16-17H2,1H3,(H,30,32)/t24-/m1/s1. The molecule has 3 amide bonds. The van der Waals surface area contributed by atoms with Crippen molar-refractivity contribution in [1.82, 2.24) is 10.2 Å². The maximum absolute atomic E-state index is 12.9. The third kappa shape index (κ3) is 4.82. The van der Waals surface area contributed by atoms with Gasteiger partial charge in [-0.3, -0.25) is 19.3 Å². The largest absolute Gasteiger partial charge is 0.496 e. The van der Waals surface area contributed by atoms with Crippen LogP contribution < -0.4 is 10.1 Å². The Kier molecular flexibility index (Phi) is 6.72. The zero-order valence-electron chi connectivity index (χ0n) is 20.4. The molecule has 0 saturated carbocycles. The molecule has 0 spiro atoms. The Balaban J connectivity index is 1.25. The van der Waals surface area contributed by atoms with Gasteiger partial charge >= 0.3 is 5.97 Å². The van der Waals surface area contributed by atoms with Gasteiger partial charge in [-0.2, -0.15) is 0 Å². The second-order valence-electron chi connectivity index (χ2n) is 9.06. The van der Waals surface area contributed by atoms with Crippen molar-refractivity contribution in [3.8, 4) is 5.75 Å². The molecule has 1 atom stereocenters. The number of carbonyl (C=O) groups is 4. The predicted molar refractivity (Wildman–Crippen MR) is 134 cm³/mol. The summed E-state index contributed by atoms with van der Waals surface area (Å²) in [5.41, 5.74) is 3.67. The van der Waals surface area contributed by atoms with E-state index in [9.17, 15) is 19.2 Å². The normalized spacial score (nSPS) is 16.1. The first-order chi connectivity index (χ1) is 18.0. The van der Waals surface area contributed by atoms with Crippen molar-refractivity contribution < 1.29 is 28.7 Å². The van der Waals surface area contributed by atoms with Crippen LogP contribution in [-0.4, -0.2) is 42.3 Å². The molecule has 0 fully saturated rings. The van der Waals surface area contributed by atoms with Crippen LogP contribution in [0.5, 0.6) is 5.75 Å². The van der Waals surface area contributed by atoms with E-state index in [1.165, 1.54) is 18.7 Å². The highest BCUT2D eigenvalue weighted by atomic mass is 16.5. The van der Waals surface area contributed by atoms with Gasteiger partial charge in [-0.1, -0.05) is 42.5 Å². The monoisotopic (exact) mass is 498 g/mol. The van der Waals surface area contributed by atoms with Crippen LogP contribution in [-0.2, 0) is 22.5 Å². The summed E-state index contributed by atoms with van der Waals surface area (Å²) in [6.07, 6.45) is 2.78. The molecule has 1 aliphatic heterocycles. The highest BCUT2D eigenvalue weighted by molar-refractivity contribution is 6.21. The van der Waals surface area contributed by atoms with E-state index in [0.717, 1.165) is 29.7 Å². The molecule has 0 unspecified atom stereocenters. The number of hydrogen-bond donors (Lipinski definition) is 1. The minimum Gasteiger partial charge on any atom is -0.496 e. The van der Waals surface area contributed by atoms with E-state index < -0.39 is 18.5 Å². The smallest absolute Gasteiger partial charge is 0.342 e. The van der Waals surface area contributed by atoms with Gasteiger partial charge < -0.3 is 14.8 Å². The Morgan fingerprint density at radius 3 is 2.41 bits per heavy atom. The molecule has 5 rings (SSSR count). The number of rotatable bonds is 7. The summed E-state index contributed by atoms with van der Waals surface area (Å²) in [6, 6.07) is 19.3. The number of aryl methyl sites for hydroxylation is 1. The number of imide groups is 1. The fraction of sp³-hybridized carbons (Fsp3) is 0.241. The number of amides is 3. The molecule has 1 N–H and O–H groups in total. The highest BCUT2D eigenvalue weighted by Crippen LogP contribution is 2.30. The van der Waals surface area contributed by atoms with E-state index in [1.54, 1.807) is 36.4 Å². The molecule has 0 bridgehead atoms. The van der Waals surface area contributed by atoms with Crippen LogP contribution in [0.4, 0.5) is 0 Å². The molecule has 0 aromatic heterocycles. The fourth-order valence-corrected chi connectivity index (χ4v) is 4.93. The van der Waals surface area contributed by atoms with Crippen molar-refractivity contribution in [3.05, 3.63) is 100 Å². The van der Waals surface area contributed by atoms with E-state index in [1.807, 2.05) is 18.2 Å². The summed E-state index contributed by atoms with van der Waals surface area (Å²) in [4.78, 5) is 52.0. The van der Waals surface area contributed by atoms with Gasteiger partial charge in [-0.15, -0.1) is 0 Å². The predicted octanol–water partition coefficient (Wildman–Crippen LogP) is 3.84. The van der Waals surface area contributed by atoms with Crippen molar-refractivity contribution in [2.24, 2.45) is 0 Å². The molecule has 3 aromatic rings. The lowest BCUT2D eigenvalue weighted by Crippen LogP contribution is -2.34. The Morgan fingerprint density at radius 1 is 0.973 bits per heavy atom. The van der Waals surface area contributed by atoms with E-state index >= 15 is 0 Å². The van der Waals surface area contributed by atoms with Crippen LogP contribution in [0.25, 0.3) is 0 Å². The number of carbonyl (C=O) groups excluding carboxylic acids is 4. The zero-order chi connectivity index (χ0) is 25.9. The quantitative estimate of drug-likeness (QED) is 0.392. The average Bonchev–Trinajstić information content (AvgIpc) is 3.17. The lowest BCUT2D eigenvalue weighted by atomic mass is 9.88. The minimum atomic E-state index is -0.736. The van der Waals surface area contributed by atoms with Crippen molar-refractivity contribution in [1.29, 1.82) is 0 Å². The third-order valence-electron chi connectivity index (χ3n) is 6.74. The molecule has 2 aliphatic rings. The maximum atomic E-state index is 12.9. The zero-order valence-corrected chi connectivity index (χ0v) is 20.4. The molecular formula is C29H26N2O6. The second kappa shape index (κ2) is 10.3. The first-order valence-electron chi connectivity index (χ1n) is 12.1. The van der Waals surface area contributed by atoms with Crippen LogP contribution in [0.1, 0.15) is 66.6 Å². The molecular weight excluding hydrogens is 472 g/mol. The van der Waals surface area contributed by atoms with E-state index in [2.05, 4.69) is 11.4 Å². The number of hydrogen-bond acceptors (Lipinski definition) is 6. The topological polar surface area (TPSA) is 102 Å². The summed E-state index contributed by atoms with van der Waals surface area (Å²) in [7, 11) is 1.42. The Bertz CT molecular complexity index is 1360. The molecule has 37 heavy (non-hydrogen) atoms. The van der Waals surface area contributed by atoms with Gasteiger partial charge in [-0.25, -0.2) is 4.79 Å². The maximum Gasteiger partial charge on any atom is 0.342 e. The third-order valence-corrected chi connectivity index (χ3v) is 6.74. The van der Waals surface area contributed by atoms with Crippen molar-refractivity contribution in [2.45, 2.75) is 31.8 Å². The van der Waals surface area contributed by atoms with Crippen LogP contribution in [0, 0.1) is 0 Å². The molecule has 1 aliphatic carbocycles. The number of ether oxygens (including phenoxy) is 2. The van der Waals surface area contributed by atoms with E-state index in [4.69, 9.17) is 9.47 Å². The van der Waals surface area contributed by atoms with Crippen molar-refractivity contribution >= 4 is 23.7 Å². The van der Waals surface area contributed by atoms with Crippen LogP contribution in [0.15, 0.2) is 66.7 Å². The SMILES string of the molecule is COc1ccc(CN2C(=O)c3ccccc3C2=O)cc1C(=O)OCC(=O)N[C@@H]1CCCc2ccccc21. The van der Waals surface area contributed by atoms with Gasteiger partial charge in [0, 0.05) is 0 Å². The lowest BCUT2D eigenvalue weighted by Gasteiger charge is -2.26. The molecule has 8 nitrogen and oxygen atoms in total. The molecule has 188 valence electrons. The van der Waals surface area contributed by atoms with Crippen molar-refractivity contribution in [2.75, 3.05) is 13.7 Å². The van der Waals surface area contributed by atoms with Gasteiger partial charge in [0.05, 0.1) is 30.8 Å². The second-order valence-corrected chi connectivity index (χ2v) is 9.06. The van der Waals surface area contributed by atoms with Gasteiger partial charge in [0.25, 0.3) is 17.7 Å². The van der Waals surface area contributed by atoms with E-state index in [0.29, 0.717) is 16.7 Å². The number of methoxy groups -OCH3 is 1.